The monoisotopic (exact) mass is 518 g/mol. The van der Waals surface area contributed by atoms with Crippen LogP contribution >= 0.6 is 23.2 Å². The number of ether oxygens (including phenoxy) is 1. The van der Waals surface area contributed by atoms with E-state index in [0.717, 1.165) is 11.1 Å². The van der Waals surface area contributed by atoms with Gasteiger partial charge in [0.05, 0.1) is 6.04 Å². The molecule has 0 bridgehead atoms. The Balaban J connectivity index is 2.20. The van der Waals surface area contributed by atoms with Crippen LogP contribution in [0.1, 0.15) is 70.0 Å². The van der Waals surface area contributed by atoms with E-state index in [1.165, 1.54) is 0 Å². The second kappa shape index (κ2) is 11.0. The van der Waals surface area contributed by atoms with Crippen molar-refractivity contribution in [3.63, 3.8) is 0 Å². The number of likely N-dealkylation sites (tertiary alicyclic amines) is 1. The minimum atomic E-state index is -0.847. The molecule has 1 heterocycles. The summed E-state index contributed by atoms with van der Waals surface area (Å²) in [4.78, 5) is 40.7. The first-order chi connectivity index (χ1) is 16.4. The number of nitrogens with two attached hydrogens (primary N) is 1. The molecule has 188 valence electrons. The number of carbonyl (C=O) groups excluding carboxylic acids is 3. The smallest absolute Gasteiger partial charge is 0.329 e. The van der Waals surface area contributed by atoms with Crippen molar-refractivity contribution in [2.45, 2.75) is 70.6 Å². The Kier molecular flexibility index (Phi) is 8.50. The van der Waals surface area contributed by atoms with Gasteiger partial charge in [-0.2, -0.15) is 0 Å². The van der Waals surface area contributed by atoms with Crippen molar-refractivity contribution in [2.24, 2.45) is 11.7 Å². The Morgan fingerprint density at radius 2 is 1.74 bits per heavy atom. The van der Waals surface area contributed by atoms with Crippen molar-refractivity contribution < 1.29 is 19.1 Å². The summed E-state index contributed by atoms with van der Waals surface area (Å²) in [7, 11) is 0. The lowest BCUT2D eigenvalue weighted by molar-refractivity contribution is -0.170. The molecule has 0 aliphatic carbocycles. The molecular formula is C27H32Cl2N2O4. The molecule has 2 aromatic rings. The van der Waals surface area contributed by atoms with Gasteiger partial charge in [0.1, 0.15) is 11.6 Å². The van der Waals surface area contributed by atoms with Crippen LogP contribution in [-0.4, -0.2) is 34.3 Å². The van der Waals surface area contributed by atoms with E-state index < -0.39 is 35.5 Å². The fourth-order valence-electron chi connectivity index (χ4n) is 4.79. The van der Waals surface area contributed by atoms with E-state index >= 15 is 0 Å². The molecule has 4 atom stereocenters. The van der Waals surface area contributed by atoms with Gasteiger partial charge in [-0.05, 0) is 69.0 Å². The van der Waals surface area contributed by atoms with Gasteiger partial charge in [-0.3, -0.25) is 9.59 Å². The Morgan fingerprint density at radius 3 is 2.29 bits per heavy atom. The lowest BCUT2D eigenvalue weighted by atomic mass is 9.74. The first-order valence-electron chi connectivity index (χ1n) is 11.8. The highest BCUT2D eigenvalue weighted by Crippen LogP contribution is 2.47. The number of carbonyl (C=O) groups is 3. The topological polar surface area (TPSA) is 89.7 Å². The van der Waals surface area contributed by atoms with Gasteiger partial charge in [0.15, 0.2) is 0 Å². The van der Waals surface area contributed by atoms with Crippen molar-refractivity contribution >= 4 is 41.0 Å². The zero-order valence-electron chi connectivity index (χ0n) is 20.5. The number of hydrogen-bond acceptors (Lipinski definition) is 4. The maximum atomic E-state index is 13.9. The molecule has 2 amide bonds. The summed E-state index contributed by atoms with van der Waals surface area (Å²) in [5, 5.41) is 1.12. The van der Waals surface area contributed by atoms with E-state index in [1.807, 2.05) is 37.3 Å². The molecule has 2 N–H and O–H groups in total. The predicted octanol–water partition coefficient (Wildman–Crippen LogP) is 5.66. The van der Waals surface area contributed by atoms with Crippen molar-refractivity contribution in [3.8, 4) is 0 Å². The predicted molar refractivity (Wildman–Crippen MR) is 137 cm³/mol. The molecule has 1 aliphatic heterocycles. The number of halogens is 2. The largest absolute Gasteiger partial charge is 0.458 e. The number of esters is 1. The van der Waals surface area contributed by atoms with Gasteiger partial charge >= 0.3 is 5.97 Å². The zero-order chi connectivity index (χ0) is 25.9. The Bertz CT molecular complexity index is 1080. The second-order valence-corrected chi connectivity index (χ2v) is 10.8. The van der Waals surface area contributed by atoms with Crippen LogP contribution in [0.25, 0.3) is 0 Å². The molecule has 35 heavy (non-hydrogen) atoms. The van der Waals surface area contributed by atoms with E-state index in [0.29, 0.717) is 22.9 Å². The first-order valence-corrected chi connectivity index (χ1v) is 12.5. The van der Waals surface area contributed by atoms with Gasteiger partial charge in [0.2, 0.25) is 11.8 Å². The van der Waals surface area contributed by atoms with Crippen molar-refractivity contribution in [1.29, 1.82) is 0 Å². The van der Waals surface area contributed by atoms with Gasteiger partial charge in [-0.1, -0.05) is 54.4 Å². The summed E-state index contributed by atoms with van der Waals surface area (Å²) < 4.78 is 5.71. The van der Waals surface area contributed by atoms with Gasteiger partial charge in [-0.25, -0.2) is 4.79 Å². The molecule has 1 aliphatic rings. The van der Waals surface area contributed by atoms with Crippen LogP contribution in [-0.2, 0) is 19.1 Å². The number of amides is 2. The lowest BCUT2D eigenvalue weighted by Gasteiger charge is -2.47. The van der Waals surface area contributed by atoms with Crippen molar-refractivity contribution in [1.82, 2.24) is 4.90 Å². The second-order valence-electron chi connectivity index (χ2n) is 9.96. The molecule has 0 spiro atoms. The van der Waals surface area contributed by atoms with Crippen LogP contribution in [0, 0.1) is 5.92 Å². The molecule has 1 saturated heterocycles. The third kappa shape index (κ3) is 6.56. The van der Waals surface area contributed by atoms with Crippen LogP contribution in [0.4, 0.5) is 0 Å². The van der Waals surface area contributed by atoms with Crippen LogP contribution < -0.4 is 5.73 Å². The number of benzene rings is 2. The molecule has 8 heteroatoms. The fourth-order valence-corrected chi connectivity index (χ4v) is 5.12. The summed E-state index contributed by atoms with van der Waals surface area (Å²) in [6.45, 7) is 7.21. The lowest BCUT2D eigenvalue weighted by Crippen LogP contribution is -2.55. The number of hydrogen-bond donors (Lipinski definition) is 1. The Hall–Kier alpha value is -2.57. The third-order valence-electron chi connectivity index (χ3n) is 6.16. The average molecular weight is 519 g/mol. The van der Waals surface area contributed by atoms with Gasteiger partial charge in [-0.15, -0.1) is 0 Å². The molecule has 6 nitrogen and oxygen atoms in total. The first kappa shape index (κ1) is 27.0. The maximum Gasteiger partial charge on any atom is 0.329 e. The minimum Gasteiger partial charge on any atom is -0.458 e. The van der Waals surface area contributed by atoms with E-state index in [9.17, 15) is 14.4 Å². The number of rotatable bonds is 7. The molecule has 0 radical (unpaired) electrons. The highest BCUT2D eigenvalue weighted by molar-refractivity contribution is 6.30. The molecule has 2 aromatic carbocycles. The van der Waals surface area contributed by atoms with Crippen LogP contribution in [0.15, 0.2) is 48.5 Å². The minimum absolute atomic E-state index is 0.107. The summed E-state index contributed by atoms with van der Waals surface area (Å²) in [5.41, 5.74) is 6.52. The Labute approximate surface area is 216 Å². The molecule has 0 saturated carbocycles. The Morgan fingerprint density at radius 1 is 1.09 bits per heavy atom. The summed E-state index contributed by atoms with van der Waals surface area (Å²) in [6.07, 6.45) is 0.622. The van der Waals surface area contributed by atoms with E-state index in [-0.39, 0.29) is 18.2 Å². The highest BCUT2D eigenvalue weighted by atomic mass is 35.5. The summed E-state index contributed by atoms with van der Waals surface area (Å²) >= 11 is 12.5. The zero-order valence-corrected chi connectivity index (χ0v) is 22.0. The molecule has 0 aromatic heterocycles. The van der Waals surface area contributed by atoms with Crippen LogP contribution in [0.3, 0.4) is 0 Å². The standard InChI is InChI=1S/C27H32Cl2N2O4/c1-5-22(26(34)35-27(2,3)4)31-24(16-9-11-19(28)12-10-16)21(17-7-6-8-20(29)13-17)14-18(25(31)33)15-23(30)32/h6-13,18,21-22,24H,5,14-15H2,1-4H3,(H2,30,32)/t18-,21-,22+,24-/m1/s1. The van der Waals surface area contributed by atoms with E-state index in [1.54, 1.807) is 43.9 Å². The fraction of sp³-hybridized carbons (Fsp3) is 0.444. The highest BCUT2D eigenvalue weighted by Gasteiger charge is 2.48. The molecule has 3 rings (SSSR count). The molecular weight excluding hydrogens is 487 g/mol. The number of nitrogens with zero attached hydrogens (tertiary/aromatic N) is 1. The number of piperidine rings is 1. The summed E-state index contributed by atoms with van der Waals surface area (Å²) in [5.74, 6) is -2.26. The normalized spacial score (nSPS) is 21.5. The van der Waals surface area contributed by atoms with E-state index in [4.69, 9.17) is 33.7 Å². The van der Waals surface area contributed by atoms with Crippen molar-refractivity contribution in [3.05, 3.63) is 69.7 Å². The van der Waals surface area contributed by atoms with Gasteiger partial charge < -0.3 is 15.4 Å². The van der Waals surface area contributed by atoms with Gasteiger partial charge in [0.25, 0.3) is 0 Å². The molecule has 1 fully saturated rings. The quantitative estimate of drug-likeness (QED) is 0.478. The van der Waals surface area contributed by atoms with Crippen molar-refractivity contribution in [2.75, 3.05) is 0 Å². The average Bonchev–Trinajstić information content (AvgIpc) is 2.75. The van der Waals surface area contributed by atoms with Crippen LogP contribution in [0.5, 0.6) is 0 Å². The maximum absolute atomic E-state index is 13.9. The molecule has 0 unspecified atom stereocenters. The number of primary amides is 1. The third-order valence-corrected chi connectivity index (χ3v) is 6.65. The van der Waals surface area contributed by atoms with E-state index in [2.05, 4.69) is 0 Å². The van der Waals surface area contributed by atoms with Gasteiger partial charge in [0, 0.05) is 28.3 Å². The summed E-state index contributed by atoms with van der Waals surface area (Å²) in [6, 6.07) is 13.3. The SMILES string of the molecule is CC[C@@H](C(=O)OC(C)(C)C)N1C(=O)[C@@H](CC(N)=O)C[C@H](c2cccc(Cl)c2)[C@H]1c1ccc(Cl)cc1. The van der Waals surface area contributed by atoms with Crippen LogP contribution in [0.2, 0.25) is 10.0 Å².